The van der Waals surface area contributed by atoms with Crippen LogP contribution < -0.4 is 5.32 Å². The van der Waals surface area contributed by atoms with E-state index >= 15 is 0 Å². The van der Waals surface area contributed by atoms with Gasteiger partial charge in [-0.1, -0.05) is 12.8 Å². The molecule has 1 aliphatic carbocycles. The van der Waals surface area contributed by atoms with Crippen molar-refractivity contribution < 1.29 is 33.1 Å². The second-order valence-corrected chi connectivity index (χ2v) is 12.2. The summed E-state index contributed by atoms with van der Waals surface area (Å²) in [6, 6.07) is 0.321. The van der Waals surface area contributed by atoms with Gasteiger partial charge in [0.25, 0.3) is 0 Å². The summed E-state index contributed by atoms with van der Waals surface area (Å²) in [7, 11) is -9.09. The van der Waals surface area contributed by atoms with Crippen molar-refractivity contribution in [1.82, 2.24) is 19.6 Å². The highest BCUT2D eigenvalue weighted by molar-refractivity contribution is 7.70. The minimum atomic E-state index is -4.67. The lowest BCUT2D eigenvalue weighted by Crippen LogP contribution is -2.18. The van der Waals surface area contributed by atoms with Gasteiger partial charge in [0.15, 0.2) is 17.4 Å². The molecule has 2 aromatic heterocycles. The number of imidazole rings is 1. The zero-order valence-electron chi connectivity index (χ0n) is 16.5. The zero-order valence-corrected chi connectivity index (χ0v) is 19.0. The summed E-state index contributed by atoms with van der Waals surface area (Å²) in [4.78, 5) is 36.1. The van der Waals surface area contributed by atoms with Crippen molar-refractivity contribution in [3.05, 3.63) is 17.2 Å². The van der Waals surface area contributed by atoms with Gasteiger partial charge in [-0.2, -0.15) is 4.98 Å². The van der Waals surface area contributed by atoms with Crippen molar-refractivity contribution in [2.45, 2.75) is 56.8 Å². The van der Waals surface area contributed by atoms with E-state index in [-0.39, 0.29) is 11.9 Å². The Morgan fingerprint density at radius 3 is 2.68 bits per heavy atom. The Hall–Kier alpha value is -1.10. The summed E-state index contributed by atoms with van der Waals surface area (Å²) in [6.45, 7) is -0.259. The molecule has 3 heterocycles. The number of rotatable bonds is 8. The molecule has 12 nitrogen and oxygen atoms in total. The van der Waals surface area contributed by atoms with Gasteiger partial charge in [0.1, 0.15) is 6.10 Å². The number of fused-ring (bicyclic) bond motifs is 1. The van der Waals surface area contributed by atoms with E-state index in [0.717, 1.165) is 12.8 Å². The van der Waals surface area contributed by atoms with Crippen molar-refractivity contribution in [3.63, 3.8) is 0 Å². The van der Waals surface area contributed by atoms with Crippen LogP contribution in [0.4, 0.5) is 5.82 Å². The largest absolute Gasteiger partial charge is 0.366 e. The molecule has 1 aliphatic heterocycles. The van der Waals surface area contributed by atoms with Crippen LogP contribution in [0.5, 0.6) is 0 Å². The van der Waals surface area contributed by atoms with E-state index in [1.807, 2.05) is 0 Å². The second kappa shape index (κ2) is 9.03. The molecule has 15 heteroatoms. The fourth-order valence-electron chi connectivity index (χ4n) is 3.97. The molecule has 172 valence electrons. The highest BCUT2D eigenvalue weighted by Gasteiger charge is 2.35. The first-order valence-corrected chi connectivity index (χ1v) is 13.9. The van der Waals surface area contributed by atoms with Gasteiger partial charge in [0.05, 0.1) is 24.6 Å². The average Bonchev–Trinajstić information content (AvgIpc) is 3.38. The van der Waals surface area contributed by atoms with Crippen molar-refractivity contribution in [3.8, 4) is 0 Å². The van der Waals surface area contributed by atoms with Crippen LogP contribution in [-0.4, -0.2) is 58.9 Å². The maximum atomic E-state index is 11.8. The van der Waals surface area contributed by atoms with Gasteiger partial charge in [-0.25, -0.2) is 9.50 Å². The first-order chi connectivity index (χ1) is 14.6. The smallest absolute Gasteiger partial charge is 0.340 e. The van der Waals surface area contributed by atoms with E-state index in [0.29, 0.717) is 36.0 Å². The highest BCUT2D eigenvalue weighted by Crippen LogP contribution is 2.55. The van der Waals surface area contributed by atoms with Gasteiger partial charge < -0.3 is 29.3 Å². The molecule has 2 aromatic rings. The monoisotopic (exact) mass is 495 g/mol. The summed E-state index contributed by atoms with van der Waals surface area (Å²) in [5.74, 6) is -0.662. The van der Waals surface area contributed by atoms with Gasteiger partial charge >= 0.3 is 15.2 Å². The van der Waals surface area contributed by atoms with E-state index < -0.39 is 33.3 Å². The lowest BCUT2D eigenvalue weighted by Gasteiger charge is -2.17. The molecular formula is C16H24ClN5O7P2. The Morgan fingerprint density at radius 2 is 1.97 bits per heavy atom. The first kappa shape index (κ1) is 23.1. The third-order valence-corrected chi connectivity index (χ3v) is 8.94. The number of aromatic nitrogens is 4. The predicted octanol–water partition coefficient (Wildman–Crippen LogP) is 2.69. The van der Waals surface area contributed by atoms with Crippen LogP contribution in [0.15, 0.2) is 6.20 Å². The van der Waals surface area contributed by atoms with Crippen LogP contribution in [0.1, 0.15) is 50.3 Å². The van der Waals surface area contributed by atoms with Crippen molar-refractivity contribution in [2.24, 2.45) is 0 Å². The predicted molar refractivity (Wildman–Crippen MR) is 111 cm³/mol. The molecule has 0 radical (unpaired) electrons. The molecule has 0 aromatic carbocycles. The molecule has 2 aliphatic rings. The van der Waals surface area contributed by atoms with Crippen LogP contribution in [0, 0.1) is 0 Å². The van der Waals surface area contributed by atoms with E-state index in [9.17, 15) is 14.0 Å². The Kier molecular flexibility index (Phi) is 6.72. The van der Waals surface area contributed by atoms with Crippen LogP contribution in [0.3, 0.4) is 0 Å². The lowest BCUT2D eigenvalue weighted by atomic mass is 10.1. The average molecular weight is 496 g/mol. The van der Waals surface area contributed by atoms with Crippen molar-refractivity contribution in [2.75, 3.05) is 17.8 Å². The van der Waals surface area contributed by atoms with Gasteiger partial charge in [-0.3, -0.25) is 9.13 Å². The van der Waals surface area contributed by atoms with Gasteiger partial charge in [-0.05, 0) is 37.3 Å². The normalized spacial score (nSPS) is 24.6. The summed E-state index contributed by atoms with van der Waals surface area (Å²) in [5, 5.41) is 7.72. The minimum Gasteiger partial charge on any atom is -0.366 e. The summed E-state index contributed by atoms with van der Waals surface area (Å²) >= 11 is 6.13. The molecule has 0 amide bonds. The summed E-state index contributed by atoms with van der Waals surface area (Å²) < 4.78 is 35.1. The Labute approximate surface area is 183 Å². The molecular weight excluding hydrogens is 472 g/mol. The third-order valence-electron chi connectivity index (χ3n) is 5.32. The van der Waals surface area contributed by atoms with Crippen LogP contribution in [0.2, 0.25) is 5.28 Å². The molecule has 3 atom stereocenters. The molecule has 4 rings (SSSR count). The quantitative estimate of drug-likeness (QED) is 0.397. The topological polar surface area (TPSA) is 168 Å². The molecule has 2 fully saturated rings. The Balaban J connectivity index is 1.44. The molecule has 1 unspecified atom stereocenters. The maximum absolute atomic E-state index is 11.8. The summed E-state index contributed by atoms with van der Waals surface area (Å²) in [6.07, 6.45) is 6.30. The first-order valence-electron chi connectivity index (χ1n) is 9.94. The number of hydrogen-bond donors (Lipinski definition) is 4. The molecule has 31 heavy (non-hydrogen) atoms. The minimum absolute atomic E-state index is 0.0729. The lowest BCUT2D eigenvalue weighted by molar-refractivity contribution is 0.0124. The zero-order chi connectivity index (χ0) is 22.2. The number of anilines is 1. The van der Waals surface area contributed by atoms with Crippen LogP contribution in [0.25, 0.3) is 5.65 Å². The number of hydrogen-bond acceptors (Lipinski definition) is 8. The van der Waals surface area contributed by atoms with Crippen LogP contribution >= 0.6 is 26.8 Å². The summed E-state index contributed by atoms with van der Waals surface area (Å²) in [5.41, 5.74) is 1.20. The van der Waals surface area contributed by atoms with Gasteiger partial charge in [0, 0.05) is 6.04 Å². The molecule has 4 N–H and O–H groups in total. The van der Waals surface area contributed by atoms with E-state index in [1.54, 1.807) is 10.7 Å². The molecule has 1 saturated carbocycles. The van der Waals surface area contributed by atoms with Crippen molar-refractivity contribution in [1.29, 1.82) is 0 Å². The van der Waals surface area contributed by atoms with E-state index in [4.69, 9.17) is 30.6 Å². The van der Waals surface area contributed by atoms with Crippen LogP contribution in [-0.2, 0) is 18.4 Å². The number of nitrogens with one attached hydrogen (secondary N) is 1. The number of ether oxygens (including phenoxy) is 1. The van der Waals surface area contributed by atoms with Crippen molar-refractivity contribution >= 4 is 38.3 Å². The SMILES string of the molecule is O=P(O)(O)CP(=O)(O)OC[C@@H]1CC[C@H](c2cnc3c(NC4CCCC4)nc(Cl)nn23)O1. The molecule has 1 saturated heterocycles. The van der Waals surface area contributed by atoms with Gasteiger partial charge in [-0.15, -0.1) is 5.10 Å². The number of nitrogens with zero attached hydrogens (tertiary/aromatic N) is 4. The Bertz CT molecular complexity index is 1040. The third kappa shape index (κ3) is 5.83. The van der Waals surface area contributed by atoms with Gasteiger partial charge in [0.2, 0.25) is 5.28 Å². The standard InChI is InChI=1S/C16H24ClN5O7P2/c17-16-20-14(19-10-3-1-2-4-10)15-18-7-12(22(15)21-16)13-6-5-11(29-13)8-28-31(26,27)9-30(23,24)25/h7,10-11,13H,1-6,8-9H2,(H,26,27)(H,19,20,21)(H2,23,24,25)/t11-,13+/m0/s1. The van der Waals surface area contributed by atoms with E-state index in [2.05, 4.69) is 20.4 Å². The highest BCUT2D eigenvalue weighted by atomic mass is 35.5. The van der Waals surface area contributed by atoms with E-state index in [1.165, 1.54) is 12.8 Å². The fraction of sp³-hybridized carbons (Fsp3) is 0.688. The fourth-order valence-corrected chi connectivity index (χ4v) is 6.72. The Morgan fingerprint density at radius 1 is 1.23 bits per heavy atom. The molecule has 0 spiro atoms. The number of halogens is 1. The molecule has 0 bridgehead atoms. The maximum Gasteiger partial charge on any atom is 0.340 e. The second-order valence-electron chi connectivity index (χ2n) is 7.84.